The zero-order valence-electron chi connectivity index (χ0n) is 17.5. The number of anilines is 2. The quantitative estimate of drug-likeness (QED) is 0.376. The van der Waals surface area contributed by atoms with Gasteiger partial charge in [0.25, 0.3) is 5.89 Å². The van der Waals surface area contributed by atoms with Gasteiger partial charge < -0.3 is 15.6 Å². The van der Waals surface area contributed by atoms with Gasteiger partial charge in [0.15, 0.2) is 0 Å². The second kappa shape index (κ2) is 9.46. The normalized spacial score (nSPS) is 11.0. The fraction of sp³-hybridized carbons (Fsp3) is 0.182. The van der Waals surface area contributed by atoms with Crippen molar-refractivity contribution < 1.29 is 9.32 Å². The van der Waals surface area contributed by atoms with Gasteiger partial charge in [-0.25, -0.2) is 4.68 Å². The zero-order chi connectivity index (χ0) is 22.7. The van der Waals surface area contributed by atoms with Crippen LogP contribution in [0.15, 0.2) is 58.1 Å². The molecule has 0 aliphatic heterocycles. The number of thioether (sulfide) groups is 1. The Morgan fingerprint density at radius 2 is 1.97 bits per heavy atom. The Morgan fingerprint density at radius 1 is 1.22 bits per heavy atom. The number of nitrogens with one attached hydrogen (secondary N) is 1. The molecule has 4 rings (SSSR count). The van der Waals surface area contributed by atoms with Crippen molar-refractivity contribution in [3.05, 3.63) is 59.1 Å². The van der Waals surface area contributed by atoms with E-state index in [1.807, 2.05) is 37.4 Å². The number of rotatable bonds is 7. The third-order valence-corrected chi connectivity index (χ3v) is 5.79. The van der Waals surface area contributed by atoms with Crippen molar-refractivity contribution in [3.63, 3.8) is 0 Å². The van der Waals surface area contributed by atoms with Crippen LogP contribution in [0.3, 0.4) is 0 Å². The molecule has 2 aromatic heterocycles. The second-order valence-electron chi connectivity index (χ2n) is 6.92. The lowest BCUT2D eigenvalue weighted by molar-refractivity contribution is -0.116. The number of hydrogen-bond donors (Lipinski definition) is 2. The Hall–Kier alpha value is -3.30. The lowest BCUT2D eigenvalue weighted by Gasteiger charge is -2.10. The minimum atomic E-state index is -0.230. The van der Waals surface area contributed by atoms with Gasteiger partial charge in [0.05, 0.1) is 0 Å². The summed E-state index contributed by atoms with van der Waals surface area (Å²) in [7, 11) is 0. The molecular formula is C22H21ClN6O2S. The minimum Gasteiger partial charge on any atom is -0.383 e. The molecule has 164 valence electrons. The molecule has 32 heavy (non-hydrogen) atoms. The zero-order valence-corrected chi connectivity index (χ0v) is 19.1. The lowest BCUT2D eigenvalue weighted by atomic mass is 10.1. The van der Waals surface area contributed by atoms with Crippen LogP contribution in [0.1, 0.15) is 12.5 Å². The topological polar surface area (TPSA) is 112 Å². The molecule has 3 N–H and O–H groups in total. The average molecular weight is 469 g/mol. The average Bonchev–Trinajstić information content (AvgIpc) is 3.39. The summed E-state index contributed by atoms with van der Waals surface area (Å²) >= 11 is 7.33. The number of nitrogen functional groups attached to an aromatic ring is 1. The molecule has 0 radical (unpaired) electrons. The van der Waals surface area contributed by atoms with Crippen LogP contribution in [0.2, 0.25) is 5.02 Å². The molecule has 1 amide bonds. The highest BCUT2D eigenvalue weighted by Gasteiger charge is 2.24. The Morgan fingerprint density at radius 3 is 2.69 bits per heavy atom. The predicted octanol–water partition coefficient (Wildman–Crippen LogP) is 4.76. The van der Waals surface area contributed by atoms with Gasteiger partial charge in [-0.2, -0.15) is 10.1 Å². The molecule has 8 nitrogen and oxygen atoms in total. The highest BCUT2D eigenvalue weighted by molar-refractivity contribution is 7.98. The number of halogens is 1. The third-order valence-electron chi connectivity index (χ3n) is 4.86. The maximum Gasteiger partial charge on any atom is 0.264 e. The number of hydrogen-bond acceptors (Lipinski definition) is 7. The third kappa shape index (κ3) is 4.49. The Labute approximate surface area is 194 Å². The molecule has 0 unspecified atom stereocenters. The van der Waals surface area contributed by atoms with Gasteiger partial charge in [-0.15, -0.1) is 11.8 Å². The monoisotopic (exact) mass is 468 g/mol. The smallest absolute Gasteiger partial charge is 0.264 e. The molecule has 0 aliphatic rings. The molecule has 0 saturated carbocycles. The van der Waals surface area contributed by atoms with Gasteiger partial charge in [-0.3, -0.25) is 4.79 Å². The number of aromatic nitrogens is 4. The largest absolute Gasteiger partial charge is 0.383 e. The lowest BCUT2D eigenvalue weighted by Crippen LogP contribution is -2.21. The van der Waals surface area contributed by atoms with Crippen LogP contribution >= 0.6 is 23.4 Å². The van der Waals surface area contributed by atoms with Crippen molar-refractivity contribution in [3.8, 4) is 22.8 Å². The van der Waals surface area contributed by atoms with Crippen LogP contribution in [0, 0.1) is 0 Å². The molecule has 0 fully saturated rings. The number of benzene rings is 2. The Balaban J connectivity index is 1.59. The first-order valence-corrected chi connectivity index (χ1v) is 11.5. The highest BCUT2D eigenvalue weighted by atomic mass is 35.5. The number of aryl methyl sites for hydroxylation is 1. The van der Waals surface area contributed by atoms with Gasteiger partial charge in [0, 0.05) is 16.3 Å². The van der Waals surface area contributed by atoms with Crippen LogP contribution in [0.4, 0.5) is 11.5 Å². The number of amides is 1. The van der Waals surface area contributed by atoms with Crippen molar-refractivity contribution in [2.45, 2.75) is 24.9 Å². The highest BCUT2D eigenvalue weighted by Crippen LogP contribution is 2.35. The summed E-state index contributed by atoms with van der Waals surface area (Å²) in [5, 5.41) is 12.7. The first kappa shape index (κ1) is 21.9. The van der Waals surface area contributed by atoms with Crippen LogP contribution in [-0.2, 0) is 17.8 Å². The summed E-state index contributed by atoms with van der Waals surface area (Å²) < 4.78 is 6.90. The van der Waals surface area contributed by atoms with E-state index in [1.54, 1.807) is 24.3 Å². The van der Waals surface area contributed by atoms with E-state index in [0.717, 1.165) is 23.2 Å². The van der Waals surface area contributed by atoms with Crippen molar-refractivity contribution in [1.29, 1.82) is 0 Å². The van der Waals surface area contributed by atoms with Crippen LogP contribution < -0.4 is 11.1 Å². The number of nitrogens with two attached hydrogens (primary N) is 1. The van der Waals surface area contributed by atoms with E-state index in [2.05, 4.69) is 20.6 Å². The van der Waals surface area contributed by atoms with E-state index >= 15 is 0 Å². The molecule has 0 saturated heterocycles. The van der Waals surface area contributed by atoms with Crippen molar-refractivity contribution in [2.24, 2.45) is 0 Å². The van der Waals surface area contributed by atoms with Crippen LogP contribution in [0.5, 0.6) is 0 Å². The molecule has 0 bridgehead atoms. The number of nitrogens with zero attached hydrogens (tertiary/aromatic N) is 4. The summed E-state index contributed by atoms with van der Waals surface area (Å²) in [4.78, 5) is 17.1. The van der Waals surface area contributed by atoms with Crippen molar-refractivity contribution >= 4 is 40.8 Å². The molecule has 10 heteroatoms. The Bertz CT molecular complexity index is 1250. The predicted molar refractivity (Wildman–Crippen MR) is 127 cm³/mol. The fourth-order valence-corrected chi connectivity index (χ4v) is 3.94. The SMILES string of the molecule is CCc1ccccc1NC(=O)Cn1nc(SC)c(-c2nc(-c3ccc(Cl)cc3)no2)c1N. The summed E-state index contributed by atoms with van der Waals surface area (Å²) in [6, 6.07) is 14.8. The van der Waals surface area contributed by atoms with E-state index in [4.69, 9.17) is 21.9 Å². The van der Waals surface area contributed by atoms with E-state index in [-0.39, 0.29) is 24.2 Å². The van der Waals surface area contributed by atoms with Gasteiger partial charge in [0.1, 0.15) is 23.0 Å². The summed E-state index contributed by atoms with van der Waals surface area (Å²) in [5.41, 5.74) is 9.44. The molecule has 0 spiro atoms. The van der Waals surface area contributed by atoms with Crippen LogP contribution in [0.25, 0.3) is 22.8 Å². The van der Waals surface area contributed by atoms with Gasteiger partial charge in [-0.05, 0) is 48.6 Å². The maximum absolute atomic E-state index is 12.7. The van der Waals surface area contributed by atoms with Gasteiger partial charge >= 0.3 is 0 Å². The summed E-state index contributed by atoms with van der Waals surface area (Å²) in [6.07, 6.45) is 2.68. The fourth-order valence-electron chi connectivity index (χ4n) is 3.23. The number of carbonyl (C=O) groups excluding carboxylic acids is 1. The first-order valence-electron chi connectivity index (χ1n) is 9.88. The minimum absolute atomic E-state index is 0.0460. The van der Waals surface area contributed by atoms with E-state index in [0.29, 0.717) is 21.4 Å². The number of carbonyl (C=O) groups is 1. The second-order valence-corrected chi connectivity index (χ2v) is 8.15. The first-order chi connectivity index (χ1) is 15.5. The van der Waals surface area contributed by atoms with Crippen molar-refractivity contribution in [2.75, 3.05) is 17.3 Å². The maximum atomic E-state index is 12.7. The van der Waals surface area contributed by atoms with E-state index in [9.17, 15) is 4.79 Å². The van der Waals surface area contributed by atoms with Gasteiger partial charge in [-0.1, -0.05) is 41.9 Å². The van der Waals surface area contributed by atoms with Gasteiger partial charge in [0.2, 0.25) is 11.7 Å². The molecule has 2 heterocycles. The van der Waals surface area contributed by atoms with E-state index < -0.39 is 0 Å². The van der Waals surface area contributed by atoms with Crippen molar-refractivity contribution in [1.82, 2.24) is 19.9 Å². The van der Waals surface area contributed by atoms with E-state index in [1.165, 1.54) is 16.4 Å². The summed E-state index contributed by atoms with van der Waals surface area (Å²) in [5.74, 6) is 0.691. The molecule has 0 aliphatic carbocycles. The summed E-state index contributed by atoms with van der Waals surface area (Å²) in [6.45, 7) is 1.99. The standard InChI is InChI=1S/C22H21ClN6O2S/c1-3-13-6-4-5-7-16(13)25-17(30)12-29-19(24)18(22(27-29)32-2)21-26-20(28-31-21)14-8-10-15(23)11-9-14/h4-11H,3,12,24H2,1-2H3,(H,25,30). The molecule has 2 aromatic carbocycles. The molecule has 4 aromatic rings. The molecular weight excluding hydrogens is 448 g/mol. The molecule has 0 atom stereocenters. The Kier molecular flexibility index (Phi) is 6.48. The number of para-hydroxylation sites is 1. The van der Waals surface area contributed by atoms with Crippen LogP contribution in [-0.4, -0.2) is 32.1 Å².